The largest absolute Gasteiger partial charge is 0.508 e. The normalized spacial score (nSPS) is 12.3. The Morgan fingerprint density at radius 3 is 2.94 bits per heavy atom. The highest BCUT2D eigenvalue weighted by Gasteiger charge is 2.05. The van der Waals surface area contributed by atoms with E-state index in [4.69, 9.17) is 5.73 Å². The molecule has 0 aliphatic heterocycles. The van der Waals surface area contributed by atoms with Crippen molar-refractivity contribution in [3.63, 3.8) is 0 Å². The summed E-state index contributed by atoms with van der Waals surface area (Å²) >= 11 is 0. The molecule has 0 aromatic carbocycles. The standard InChI is InChI=1S/C13H16N2O3/c1-2-18-13(17)12(14)9-11(16)7-6-10-5-3-4-8-15-10/h3-5,7-9,16H,2,6,14H2,1H3/b11-7+,12-9-. The Balaban J connectivity index is 2.61. The van der Waals surface area contributed by atoms with Gasteiger partial charge in [-0.15, -0.1) is 0 Å². The maximum Gasteiger partial charge on any atom is 0.354 e. The monoisotopic (exact) mass is 248 g/mol. The molecule has 1 rings (SSSR count). The fourth-order valence-corrected chi connectivity index (χ4v) is 1.22. The highest BCUT2D eigenvalue weighted by molar-refractivity contribution is 5.87. The lowest BCUT2D eigenvalue weighted by molar-refractivity contribution is -0.138. The van der Waals surface area contributed by atoms with Crippen LogP contribution in [0.2, 0.25) is 0 Å². The van der Waals surface area contributed by atoms with Gasteiger partial charge < -0.3 is 15.6 Å². The van der Waals surface area contributed by atoms with Gasteiger partial charge in [-0.25, -0.2) is 4.79 Å². The maximum absolute atomic E-state index is 11.2. The summed E-state index contributed by atoms with van der Waals surface area (Å²) < 4.78 is 4.68. The zero-order valence-corrected chi connectivity index (χ0v) is 10.2. The van der Waals surface area contributed by atoms with Crippen molar-refractivity contribution in [2.45, 2.75) is 13.3 Å². The summed E-state index contributed by atoms with van der Waals surface area (Å²) in [5.41, 5.74) is 6.12. The molecule has 5 nitrogen and oxygen atoms in total. The fraction of sp³-hybridized carbons (Fsp3) is 0.231. The SMILES string of the molecule is CCOC(=O)/C(N)=C/C(O)=C\Cc1ccccn1. The molecule has 1 heterocycles. The number of ether oxygens (including phenoxy) is 1. The van der Waals surface area contributed by atoms with E-state index in [1.54, 1.807) is 13.1 Å². The van der Waals surface area contributed by atoms with Crippen LogP contribution in [-0.2, 0) is 16.0 Å². The van der Waals surface area contributed by atoms with Gasteiger partial charge in [0.1, 0.15) is 11.5 Å². The zero-order valence-electron chi connectivity index (χ0n) is 10.2. The Kier molecular flexibility index (Phi) is 5.44. The van der Waals surface area contributed by atoms with Gasteiger partial charge in [0.2, 0.25) is 0 Å². The first-order valence-corrected chi connectivity index (χ1v) is 5.56. The summed E-state index contributed by atoms with van der Waals surface area (Å²) in [6.45, 7) is 1.92. The number of hydrogen-bond acceptors (Lipinski definition) is 5. The summed E-state index contributed by atoms with van der Waals surface area (Å²) in [5, 5.41) is 9.57. The third-order valence-electron chi connectivity index (χ3n) is 2.06. The van der Waals surface area contributed by atoms with E-state index in [9.17, 15) is 9.90 Å². The van der Waals surface area contributed by atoms with Crippen molar-refractivity contribution in [3.05, 3.63) is 53.7 Å². The Hall–Kier alpha value is -2.30. The number of carbonyl (C=O) groups excluding carboxylic acids is 1. The second-order valence-corrected chi connectivity index (χ2v) is 3.47. The van der Waals surface area contributed by atoms with Crippen LogP contribution in [0.1, 0.15) is 12.6 Å². The van der Waals surface area contributed by atoms with Gasteiger partial charge in [-0.2, -0.15) is 0 Å². The molecular formula is C13H16N2O3. The summed E-state index contributed by atoms with van der Waals surface area (Å²) in [6, 6.07) is 5.50. The van der Waals surface area contributed by atoms with Crippen LogP contribution in [0.25, 0.3) is 0 Å². The highest BCUT2D eigenvalue weighted by Crippen LogP contribution is 2.01. The molecule has 5 heteroatoms. The van der Waals surface area contributed by atoms with E-state index in [0.29, 0.717) is 6.42 Å². The number of nitrogens with two attached hydrogens (primary N) is 1. The topological polar surface area (TPSA) is 85.4 Å². The van der Waals surface area contributed by atoms with E-state index in [2.05, 4.69) is 9.72 Å². The van der Waals surface area contributed by atoms with E-state index in [-0.39, 0.29) is 18.1 Å². The lowest BCUT2D eigenvalue weighted by Crippen LogP contribution is -2.14. The number of aliphatic hydroxyl groups is 1. The van der Waals surface area contributed by atoms with Crippen LogP contribution in [0, 0.1) is 0 Å². The molecule has 0 unspecified atom stereocenters. The van der Waals surface area contributed by atoms with E-state index in [1.807, 2.05) is 18.2 Å². The van der Waals surface area contributed by atoms with Crippen LogP contribution >= 0.6 is 0 Å². The summed E-state index contributed by atoms with van der Waals surface area (Å²) in [4.78, 5) is 15.3. The number of esters is 1. The molecule has 0 spiro atoms. The van der Waals surface area contributed by atoms with Gasteiger partial charge in [-0.05, 0) is 25.1 Å². The van der Waals surface area contributed by atoms with Crippen molar-refractivity contribution < 1.29 is 14.6 Å². The van der Waals surface area contributed by atoms with Crippen molar-refractivity contribution in [1.29, 1.82) is 0 Å². The molecule has 0 saturated heterocycles. The quantitative estimate of drug-likeness (QED) is 0.357. The second-order valence-electron chi connectivity index (χ2n) is 3.47. The third kappa shape index (κ3) is 4.69. The molecule has 3 N–H and O–H groups in total. The number of hydrogen-bond donors (Lipinski definition) is 2. The Morgan fingerprint density at radius 2 is 2.33 bits per heavy atom. The predicted octanol–water partition coefficient (Wildman–Crippen LogP) is 1.47. The van der Waals surface area contributed by atoms with Crippen molar-refractivity contribution in [1.82, 2.24) is 4.98 Å². The minimum absolute atomic E-state index is 0.0915. The lowest BCUT2D eigenvalue weighted by atomic mass is 10.2. The van der Waals surface area contributed by atoms with Gasteiger partial charge in [0, 0.05) is 24.4 Å². The van der Waals surface area contributed by atoms with Crippen LogP contribution in [0.5, 0.6) is 0 Å². The molecule has 1 aromatic heterocycles. The number of carbonyl (C=O) groups is 1. The molecule has 0 amide bonds. The first-order valence-electron chi connectivity index (χ1n) is 5.56. The fourth-order valence-electron chi connectivity index (χ4n) is 1.22. The molecular weight excluding hydrogens is 232 g/mol. The van der Waals surface area contributed by atoms with Crippen molar-refractivity contribution >= 4 is 5.97 Å². The van der Waals surface area contributed by atoms with E-state index >= 15 is 0 Å². The predicted molar refractivity (Wildman–Crippen MR) is 67.6 cm³/mol. The molecule has 0 saturated carbocycles. The molecule has 96 valence electrons. The van der Waals surface area contributed by atoms with Gasteiger partial charge >= 0.3 is 5.97 Å². The number of aliphatic hydroxyl groups excluding tert-OH is 1. The Labute approximate surface area is 106 Å². The van der Waals surface area contributed by atoms with Gasteiger partial charge in [-0.3, -0.25) is 4.98 Å². The smallest absolute Gasteiger partial charge is 0.354 e. The highest BCUT2D eigenvalue weighted by atomic mass is 16.5. The van der Waals surface area contributed by atoms with Crippen LogP contribution in [-0.4, -0.2) is 22.7 Å². The van der Waals surface area contributed by atoms with Crippen LogP contribution in [0.15, 0.2) is 48.0 Å². The summed E-state index contributed by atoms with van der Waals surface area (Å²) in [6.07, 6.45) is 4.82. The van der Waals surface area contributed by atoms with Gasteiger partial charge in [0.15, 0.2) is 0 Å². The minimum atomic E-state index is -0.643. The number of aromatic nitrogens is 1. The molecule has 18 heavy (non-hydrogen) atoms. The van der Waals surface area contributed by atoms with Gasteiger partial charge in [0.05, 0.1) is 6.61 Å². The van der Waals surface area contributed by atoms with Crippen molar-refractivity contribution in [2.24, 2.45) is 5.73 Å². The molecule has 0 atom stereocenters. The minimum Gasteiger partial charge on any atom is -0.508 e. The van der Waals surface area contributed by atoms with Crippen molar-refractivity contribution in [3.8, 4) is 0 Å². The van der Waals surface area contributed by atoms with Gasteiger partial charge in [-0.1, -0.05) is 6.07 Å². The molecule has 1 aromatic rings. The van der Waals surface area contributed by atoms with Crippen LogP contribution in [0.4, 0.5) is 0 Å². The second kappa shape index (κ2) is 7.11. The molecule has 0 aliphatic rings. The Bertz CT molecular complexity index is 453. The number of rotatable bonds is 5. The van der Waals surface area contributed by atoms with Crippen LogP contribution < -0.4 is 5.73 Å². The average molecular weight is 248 g/mol. The number of pyridine rings is 1. The Morgan fingerprint density at radius 1 is 1.56 bits per heavy atom. The van der Waals surface area contributed by atoms with E-state index in [0.717, 1.165) is 5.69 Å². The average Bonchev–Trinajstić information content (AvgIpc) is 2.38. The van der Waals surface area contributed by atoms with E-state index < -0.39 is 5.97 Å². The first-order chi connectivity index (χ1) is 8.63. The van der Waals surface area contributed by atoms with Gasteiger partial charge in [0.25, 0.3) is 0 Å². The third-order valence-corrected chi connectivity index (χ3v) is 2.06. The molecule has 0 radical (unpaired) electrons. The lowest BCUT2D eigenvalue weighted by Gasteiger charge is -2.01. The zero-order chi connectivity index (χ0) is 13.4. The number of allylic oxidation sites excluding steroid dienone is 2. The van der Waals surface area contributed by atoms with E-state index in [1.165, 1.54) is 12.2 Å². The molecule has 0 aliphatic carbocycles. The molecule has 0 fully saturated rings. The molecule has 0 bridgehead atoms. The van der Waals surface area contributed by atoms with Crippen molar-refractivity contribution in [2.75, 3.05) is 6.61 Å². The van der Waals surface area contributed by atoms with Crippen LogP contribution in [0.3, 0.4) is 0 Å². The summed E-state index contributed by atoms with van der Waals surface area (Å²) in [7, 11) is 0. The number of nitrogens with zero attached hydrogens (tertiary/aromatic N) is 1. The maximum atomic E-state index is 11.2. The summed E-state index contributed by atoms with van der Waals surface area (Å²) in [5.74, 6) is -0.735. The first kappa shape index (κ1) is 13.8.